The van der Waals surface area contributed by atoms with Crippen molar-refractivity contribution in [3.05, 3.63) is 58.6 Å². The monoisotopic (exact) mass is 338 g/mol. The minimum absolute atomic E-state index is 0.548. The van der Waals surface area contributed by atoms with Crippen molar-refractivity contribution < 1.29 is 9.84 Å². The van der Waals surface area contributed by atoms with Crippen LogP contribution in [0.25, 0.3) is 0 Å². The third-order valence-electron chi connectivity index (χ3n) is 2.73. The summed E-state index contributed by atoms with van der Waals surface area (Å²) in [6.07, 6.45) is -0.548. The van der Waals surface area contributed by atoms with Gasteiger partial charge in [0.1, 0.15) is 5.75 Å². The maximum absolute atomic E-state index is 10.3. The lowest BCUT2D eigenvalue weighted by atomic mass is 10.1. The molecule has 2 aromatic rings. The highest BCUT2D eigenvalue weighted by Gasteiger charge is 2.13. The zero-order valence-electron chi connectivity index (χ0n) is 10.5. The molecule has 1 N–H and O–H groups in total. The van der Waals surface area contributed by atoms with Crippen LogP contribution in [0.1, 0.15) is 11.7 Å². The molecule has 0 amide bonds. The number of methoxy groups -OCH3 is 1. The molecule has 0 saturated carbocycles. The highest BCUT2D eigenvalue weighted by Crippen LogP contribution is 2.32. The van der Waals surface area contributed by atoms with E-state index in [1.165, 1.54) is 0 Å². The number of thioether (sulfide) groups is 1. The van der Waals surface area contributed by atoms with Crippen molar-refractivity contribution in [2.75, 3.05) is 12.9 Å². The largest absolute Gasteiger partial charge is 0.496 e. The first-order valence-corrected chi connectivity index (χ1v) is 7.68. The predicted molar refractivity (Wildman–Crippen MR) is 82.8 cm³/mol. The van der Waals surface area contributed by atoms with Gasteiger partial charge in [0.2, 0.25) is 0 Å². The summed E-state index contributed by atoms with van der Waals surface area (Å²) in [5, 5.41) is 10.3. The average Bonchev–Trinajstić information content (AvgIpc) is 2.46. The molecule has 2 nitrogen and oxygen atoms in total. The van der Waals surface area contributed by atoms with E-state index in [4.69, 9.17) is 4.74 Å². The second-order valence-corrected chi connectivity index (χ2v) is 5.92. The number of aliphatic hydroxyl groups is 1. The first-order chi connectivity index (χ1) is 9.22. The standard InChI is InChI=1S/C15H15BrO2S/c1-18-14-8-4-2-6-11(14)13(17)10-19-15-9-5-3-7-12(15)16/h2-9,13,17H,10H2,1H3. The zero-order chi connectivity index (χ0) is 13.7. The summed E-state index contributed by atoms with van der Waals surface area (Å²) in [5.74, 6) is 1.31. The molecule has 0 heterocycles. The Hall–Kier alpha value is -0.970. The van der Waals surface area contributed by atoms with Crippen molar-refractivity contribution >= 4 is 27.7 Å². The van der Waals surface area contributed by atoms with Crippen LogP contribution in [-0.2, 0) is 0 Å². The highest BCUT2D eigenvalue weighted by atomic mass is 79.9. The molecule has 2 aromatic carbocycles. The van der Waals surface area contributed by atoms with Crippen molar-refractivity contribution in [1.82, 2.24) is 0 Å². The molecule has 1 unspecified atom stereocenters. The quantitative estimate of drug-likeness (QED) is 0.825. The second kappa shape index (κ2) is 6.98. The number of ether oxygens (including phenoxy) is 1. The molecule has 0 saturated heterocycles. The number of halogens is 1. The molecule has 0 radical (unpaired) electrons. The van der Waals surface area contributed by atoms with Gasteiger partial charge >= 0.3 is 0 Å². The molecule has 0 aromatic heterocycles. The molecular weight excluding hydrogens is 324 g/mol. The van der Waals surface area contributed by atoms with Gasteiger partial charge in [-0.1, -0.05) is 30.3 Å². The Morgan fingerprint density at radius 2 is 1.84 bits per heavy atom. The average molecular weight is 339 g/mol. The lowest BCUT2D eigenvalue weighted by Crippen LogP contribution is -2.03. The summed E-state index contributed by atoms with van der Waals surface area (Å²) in [5.41, 5.74) is 0.824. The Bertz CT molecular complexity index is 545. The van der Waals surface area contributed by atoms with Crippen LogP contribution in [0.5, 0.6) is 5.75 Å². The minimum atomic E-state index is -0.548. The Labute approximate surface area is 125 Å². The van der Waals surface area contributed by atoms with Crippen LogP contribution < -0.4 is 4.74 Å². The molecule has 2 rings (SSSR count). The van der Waals surface area contributed by atoms with Gasteiger partial charge in [-0.05, 0) is 34.1 Å². The number of hydrogen-bond donors (Lipinski definition) is 1. The smallest absolute Gasteiger partial charge is 0.124 e. The third-order valence-corrected chi connectivity index (χ3v) is 4.83. The van der Waals surface area contributed by atoms with Crippen molar-refractivity contribution in [2.45, 2.75) is 11.0 Å². The summed E-state index contributed by atoms with van der Waals surface area (Å²) >= 11 is 5.12. The molecule has 4 heteroatoms. The molecule has 0 aliphatic heterocycles. The van der Waals surface area contributed by atoms with Crippen LogP contribution in [0.3, 0.4) is 0 Å². The number of hydrogen-bond acceptors (Lipinski definition) is 3. The van der Waals surface area contributed by atoms with Crippen LogP contribution >= 0.6 is 27.7 Å². The lowest BCUT2D eigenvalue weighted by Gasteiger charge is -2.14. The van der Waals surface area contributed by atoms with Gasteiger partial charge in [0.25, 0.3) is 0 Å². The van der Waals surface area contributed by atoms with Crippen LogP contribution in [0, 0.1) is 0 Å². The first-order valence-electron chi connectivity index (χ1n) is 5.90. The fourth-order valence-corrected chi connectivity index (χ4v) is 3.29. The van der Waals surface area contributed by atoms with E-state index in [9.17, 15) is 5.11 Å². The van der Waals surface area contributed by atoms with Gasteiger partial charge in [-0.3, -0.25) is 0 Å². The van der Waals surface area contributed by atoms with Crippen molar-refractivity contribution in [3.63, 3.8) is 0 Å². The Morgan fingerprint density at radius 3 is 2.58 bits per heavy atom. The summed E-state index contributed by atoms with van der Waals surface area (Å²) < 4.78 is 6.31. The van der Waals surface area contributed by atoms with E-state index in [0.717, 1.165) is 20.7 Å². The van der Waals surface area contributed by atoms with E-state index in [2.05, 4.69) is 15.9 Å². The van der Waals surface area contributed by atoms with E-state index in [1.807, 2.05) is 48.5 Å². The molecule has 0 aliphatic rings. The normalized spacial score (nSPS) is 12.2. The summed E-state index contributed by atoms with van der Waals surface area (Å²) in [4.78, 5) is 1.12. The fraction of sp³-hybridized carbons (Fsp3) is 0.200. The summed E-state index contributed by atoms with van der Waals surface area (Å²) in [6, 6.07) is 15.6. The Balaban J connectivity index is 2.05. The van der Waals surface area contributed by atoms with Crippen LogP contribution in [-0.4, -0.2) is 18.0 Å². The van der Waals surface area contributed by atoms with Gasteiger partial charge in [-0.15, -0.1) is 11.8 Å². The first kappa shape index (κ1) is 14.4. The highest BCUT2D eigenvalue weighted by molar-refractivity contribution is 9.10. The van der Waals surface area contributed by atoms with Gasteiger partial charge in [0, 0.05) is 20.7 Å². The van der Waals surface area contributed by atoms with E-state index in [-0.39, 0.29) is 0 Å². The third kappa shape index (κ3) is 3.75. The van der Waals surface area contributed by atoms with Crippen molar-refractivity contribution in [3.8, 4) is 5.75 Å². The van der Waals surface area contributed by atoms with Gasteiger partial charge in [-0.2, -0.15) is 0 Å². The van der Waals surface area contributed by atoms with Gasteiger partial charge < -0.3 is 9.84 Å². The number of rotatable bonds is 5. The second-order valence-electron chi connectivity index (χ2n) is 4.00. The molecule has 1 atom stereocenters. The maximum atomic E-state index is 10.3. The lowest BCUT2D eigenvalue weighted by molar-refractivity contribution is 0.199. The van der Waals surface area contributed by atoms with Gasteiger partial charge in [0.05, 0.1) is 13.2 Å². The summed E-state index contributed by atoms with van der Waals surface area (Å²) in [6.45, 7) is 0. The van der Waals surface area contributed by atoms with E-state index in [1.54, 1.807) is 18.9 Å². The molecule has 100 valence electrons. The van der Waals surface area contributed by atoms with E-state index >= 15 is 0 Å². The van der Waals surface area contributed by atoms with Crippen molar-refractivity contribution in [1.29, 1.82) is 0 Å². The number of benzene rings is 2. The molecule has 19 heavy (non-hydrogen) atoms. The van der Waals surface area contributed by atoms with E-state index in [0.29, 0.717) is 5.75 Å². The molecule has 0 fully saturated rings. The topological polar surface area (TPSA) is 29.5 Å². The SMILES string of the molecule is COc1ccccc1C(O)CSc1ccccc1Br. The van der Waals surface area contributed by atoms with Crippen LogP contribution in [0.2, 0.25) is 0 Å². The van der Waals surface area contributed by atoms with Gasteiger partial charge in [-0.25, -0.2) is 0 Å². The Kier molecular flexibility index (Phi) is 5.31. The minimum Gasteiger partial charge on any atom is -0.496 e. The number of para-hydroxylation sites is 1. The number of aliphatic hydroxyl groups excluding tert-OH is 1. The predicted octanol–water partition coefficient (Wildman–Crippen LogP) is 4.28. The molecule has 0 bridgehead atoms. The molecule has 0 aliphatic carbocycles. The van der Waals surface area contributed by atoms with E-state index < -0.39 is 6.10 Å². The fourth-order valence-electron chi connectivity index (χ4n) is 1.76. The van der Waals surface area contributed by atoms with Gasteiger partial charge in [0.15, 0.2) is 0 Å². The van der Waals surface area contributed by atoms with Crippen LogP contribution in [0.4, 0.5) is 0 Å². The van der Waals surface area contributed by atoms with Crippen molar-refractivity contribution in [2.24, 2.45) is 0 Å². The molecular formula is C15H15BrO2S. The maximum Gasteiger partial charge on any atom is 0.124 e. The summed E-state index contributed by atoms with van der Waals surface area (Å²) in [7, 11) is 1.62. The van der Waals surface area contributed by atoms with Crippen LogP contribution in [0.15, 0.2) is 57.9 Å². The Morgan fingerprint density at radius 1 is 1.16 bits per heavy atom. The zero-order valence-corrected chi connectivity index (χ0v) is 12.9. The molecule has 0 spiro atoms.